The molecule has 3 rings (SSSR count). The fourth-order valence-corrected chi connectivity index (χ4v) is 2.71. The summed E-state index contributed by atoms with van der Waals surface area (Å²) in [5.74, 6) is 6.56. The van der Waals surface area contributed by atoms with Crippen molar-refractivity contribution in [2.45, 2.75) is 72.5 Å². The van der Waals surface area contributed by atoms with Crippen LogP contribution in [0.2, 0.25) is 0 Å². The van der Waals surface area contributed by atoms with Crippen molar-refractivity contribution in [2.24, 2.45) is 0 Å². The van der Waals surface area contributed by atoms with E-state index in [-0.39, 0.29) is 7.03 Å². The molecule has 1 aliphatic rings. The van der Waals surface area contributed by atoms with E-state index in [1.54, 1.807) is 0 Å². The molecule has 0 unspecified atom stereocenters. The second-order valence-electron chi connectivity index (χ2n) is 6.88. The fraction of sp³-hybridized carbons (Fsp3) is 0.440. The van der Waals surface area contributed by atoms with Crippen LogP contribution in [0.1, 0.15) is 76.7 Å². The van der Waals surface area contributed by atoms with Crippen LogP contribution < -0.4 is 0 Å². The molecule has 1 aliphatic carbocycles. The molecule has 0 aliphatic heterocycles. The van der Waals surface area contributed by atoms with Gasteiger partial charge < -0.3 is 4.74 Å². The van der Waals surface area contributed by atoms with Crippen molar-refractivity contribution in [3.63, 3.8) is 0 Å². The molecular weight excluding hydrogens is 316 g/mol. The van der Waals surface area contributed by atoms with Gasteiger partial charge in [0.05, 0.1) is 12.2 Å². The molecule has 0 radical (unpaired) electrons. The van der Waals surface area contributed by atoms with Gasteiger partial charge in [0.25, 0.3) is 0 Å². The summed E-state index contributed by atoms with van der Waals surface area (Å²) in [6.07, 6.45) is 4.45. The van der Waals surface area contributed by atoms with Gasteiger partial charge in [-0.2, -0.15) is 0 Å². The van der Waals surface area contributed by atoms with Crippen LogP contribution in [0.4, 0.5) is 0 Å². The summed E-state index contributed by atoms with van der Waals surface area (Å²) < 4.78 is 6.02. The average molecular weight is 351 g/mol. The lowest BCUT2D eigenvalue weighted by Gasteiger charge is -2.13. The average Bonchev–Trinajstić information content (AvgIpc) is 3.44. The minimum absolute atomic E-state index is 0. The van der Waals surface area contributed by atoms with E-state index in [1.165, 1.54) is 29.5 Å². The van der Waals surface area contributed by atoms with Gasteiger partial charge in [-0.3, -0.25) is 0 Å². The van der Waals surface area contributed by atoms with Crippen LogP contribution in [0.5, 0.6) is 0 Å². The Morgan fingerprint density at radius 1 is 0.885 bits per heavy atom. The maximum atomic E-state index is 6.02. The van der Waals surface area contributed by atoms with Crippen molar-refractivity contribution < 1.29 is 6.16 Å². The first-order valence-electron chi connectivity index (χ1n) is 9.98. The number of hydrogen-bond donors (Lipinski definition) is 0. The highest BCUT2D eigenvalue weighted by atomic mass is 16.5. The maximum absolute atomic E-state index is 6.02. The molecule has 26 heavy (non-hydrogen) atoms. The lowest BCUT2D eigenvalue weighted by Crippen LogP contribution is -2.09. The second-order valence-corrected chi connectivity index (χ2v) is 6.88. The van der Waals surface area contributed by atoms with Gasteiger partial charge in [0.2, 0.25) is 0 Å². The van der Waals surface area contributed by atoms with Crippen LogP contribution in [0.25, 0.3) is 0 Å². The summed E-state index contributed by atoms with van der Waals surface area (Å²) in [6.45, 7) is 11.3. The largest absolute Gasteiger partial charge is 0.371 e. The van der Waals surface area contributed by atoms with Gasteiger partial charge in [0, 0.05) is 12.6 Å². The Morgan fingerprint density at radius 2 is 1.50 bits per heavy atom. The Hall–Kier alpha value is -2.04. The lowest BCUT2D eigenvalue weighted by atomic mass is 10.0. The van der Waals surface area contributed by atoms with Gasteiger partial charge in [0.15, 0.2) is 0 Å². The number of rotatable bonds is 5. The molecule has 1 nitrogen and oxygen atoms in total. The molecule has 0 spiro atoms. The first-order valence-corrected chi connectivity index (χ1v) is 9.98. The number of hydrogen-bond acceptors (Lipinski definition) is 1. The topological polar surface area (TPSA) is 9.23 Å². The van der Waals surface area contributed by atoms with Gasteiger partial charge in [0.1, 0.15) is 0 Å². The fourth-order valence-electron chi connectivity index (χ4n) is 2.71. The van der Waals surface area contributed by atoms with E-state index in [4.69, 9.17) is 4.74 Å². The van der Waals surface area contributed by atoms with E-state index in [1.807, 2.05) is 13.8 Å². The zero-order valence-corrected chi connectivity index (χ0v) is 17.0. The van der Waals surface area contributed by atoms with Crippen LogP contribution in [-0.4, -0.2) is 5.60 Å². The second kappa shape index (κ2) is 9.60. The van der Waals surface area contributed by atoms with Gasteiger partial charge >= 0.3 is 0 Å². The van der Waals surface area contributed by atoms with Crippen LogP contribution in [0.3, 0.4) is 0 Å². The smallest absolute Gasteiger partial charge is 0.0726 e. The standard InChI is InChI=1S/C23H26O.C2H6.H2/c1-4-18-6-8-19(9-7-18)10-11-20-12-13-22(21(5-2)16-20)17-24-23(3)14-15-23;1-2;/h6-9,12-13,16H,4-5,14-15,17H2,1-3H3;1-2H3;1H. The minimum Gasteiger partial charge on any atom is -0.371 e. The SMILES string of the molecule is CC.CCc1ccc(C#Cc2ccc(COC3(C)CC3)c(CC)c2)cc1.[HH]. The normalized spacial score (nSPS) is 13.9. The Bertz CT molecular complexity index is 761. The van der Waals surface area contributed by atoms with Crippen molar-refractivity contribution in [1.82, 2.24) is 0 Å². The zero-order chi connectivity index (χ0) is 19.0. The summed E-state index contributed by atoms with van der Waals surface area (Å²) in [6, 6.07) is 15.0. The molecular formula is C25H34O. The molecule has 0 amide bonds. The Balaban J connectivity index is 0.00000118. The molecule has 1 heteroatoms. The van der Waals surface area contributed by atoms with Gasteiger partial charge in [-0.05, 0) is 73.6 Å². The first-order chi connectivity index (χ1) is 12.6. The van der Waals surface area contributed by atoms with Crippen molar-refractivity contribution in [1.29, 1.82) is 0 Å². The van der Waals surface area contributed by atoms with Crippen molar-refractivity contribution in [3.05, 3.63) is 70.3 Å². The van der Waals surface area contributed by atoms with Gasteiger partial charge in [-0.15, -0.1) is 0 Å². The third-order valence-electron chi connectivity index (χ3n) is 4.83. The number of ether oxygens (including phenoxy) is 1. The molecule has 0 saturated heterocycles. The summed E-state index contributed by atoms with van der Waals surface area (Å²) >= 11 is 0. The molecule has 2 aromatic rings. The molecule has 0 heterocycles. The highest BCUT2D eigenvalue weighted by Crippen LogP contribution is 2.39. The lowest BCUT2D eigenvalue weighted by molar-refractivity contribution is 0.0331. The molecule has 0 bridgehead atoms. The van der Waals surface area contributed by atoms with E-state index in [2.05, 4.69) is 75.1 Å². The molecule has 140 valence electrons. The highest BCUT2D eigenvalue weighted by Gasteiger charge is 2.38. The van der Waals surface area contributed by atoms with Gasteiger partial charge in [-0.1, -0.05) is 57.7 Å². The van der Waals surface area contributed by atoms with E-state index in [9.17, 15) is 0 Å². The van der Waals surface area contributed by atoms with Crippen LogP contribution in [-0.2, 0) is 24.2 Å². The highest BCUT2D eigenvalue weighted by molar-refractivity contribution is 5.46. The number of benzene rings is 2. The van der Waals surface area contributed by atoms with E-state index >= 15 is 0 Å². The van der Waals surface area contributed by atoms with Crippen molar-refractivity contribution in [2.75, 3.05) is 0 Å². The van der Waals surface area contributed by atoms with E-state index in [0.29, 0.717) is 6.61 Å². The molecule has 1 fully saturated rings. The van der Waals surface area contributed by atoms with Crippen LogP contribution in [0.15, 0.2) is 42.5 Å². The molecule has 0 atom stereocenters. The molecule has 0 aromatic heterocycles. The zero-order valence-electron chi connectivity index (χ0n) is 17.0. The van der Waals surface area contributed by atoms with E-state index < -0.39 is 0 Å². The summed E-state index contributed by atoms with van der Waals surface area (Å²) in [7, 11) is 0. The molecule has 1 saturated carbocycles. The molecule has 2 aromatic carbocycles. The summed E-state index contributed by atoms with van der Waals surface area (Å²) in [4.78, 5) is 0. The predicted octanol–water partition coefficient (Wildman–Crippen LogP) is 6.55. The van der Waals surface area contributed by atoms with E-state index in [0.717, 1.165) is 24.0 Å². The summed E-state index contributed by atoms with van der Waals surface area (Å²) in [5, 5.41) is 0. The number of aryl methyl sites for hydroxylation is 2. The van der Waals surface area contributed by atoms with Crippen molar-refractivity contribution in [3.8, 4) is 11.8 Å². The van der Waals surface area contributed by atoms with Crippen molar-refractivity contribution >= 4 is 0 Å². The van der Waals surface area contributed by atoms with Crippen LogP contribution in [0, 0.1) is 11.8 Å². The molecule has 0 N–H and O–H groups in total. The maximum Gasteiger partial charge on any atom is 0.0726 e. The third-order valence-corrected chi connectivity index (χ3v) is 4.83. The predicted molar refractivity (Wildman–Crippen MR) is 114 cm³/mol. The monoisotopic (exact) mass is 350 g/mol. The Labute approximate surface area is 161 Å². The quantitative estimate of drug-likeness (QED) is 0.555. The van der Waals surface area contributed by atoms with Crippen LogP contribution >= 0.6 is 0 Å². The van der Waals surface area contributed by atoms with Gasteiger partial charge in [-0.25, -0.2) is 0 Å². The summed E-state index contributed by atoms with van der Waals surface area (Å²) in [5.41, 5.74) is 6.26. The first kappa shape index (κ1) is 20.3. The Kier molecular flexibility index (Phi) is 7.49. The Morgan fingerprint density at radius 3 is 2.08 bits per heavy atom. The third kappa shape index (κ3) is 5.75. The minimum atomic E-state index is 0.